The molecule has 0 radical (unpaired) electrons. The largest absolute Gasteiger partial charge is 0.377 e. The summed E-state index contributed by atoms with van der Waals surface area (Å²) in [5.41, 5.74) is 5.29. The standard InChI is InChI=1S/C16H21N3O4/c1-15(2)13-12(7-4-8-23-13)16(15,17)14(20)18-10-5-3-6-11(9-10)19(21)22/h3,5-6,9,12-13H,4,7-8,17H2,1-2H3,(H,18,20). The van der Waals surface area contributed by atoms with Crippen LogP contribution in [0.2, 0.25) is 0 Å². The number of amides is 1. The molecule has 7 nitrogen and oxygen atoms in total. The van der Waals surface area contributed by atoms with Gasteiger partial charge in [-0.2, -0.15) is 0 Å². The van der Waals surface area contributed by atoms with Gasteiger partial charge >= 0.3 is 0 Å². The van der Waals surface area contributed by atoms with Crippen LogP contribution in [-0.2, 0) is 9.53 Å². The summed E-state index contributed by atoms with van der Waals surface area (Å²) in [4.78, 5) is 23.2. The van der Waals surface area contributed by atoms with Crippen LogP contribution in [0.1, 0.15) is 26.7 Å². The number of carbonyl (C=O) groups excluding carboxylic acids is 1. The van der Waals surface area contributed by atoms with Crippen molar-refractivity contribution in [2.75, 3.05) is 11.9 Å². The lowest BCUT2D eigenvalue weighted by Gasteiger charge is -2.65. The van der Waals surface area contributed by atoms with Crippen LogP contribution in [0.4, 0.5) is 11.4 Å². The quantitative estimate of drug-likeness (QED) is 0.655. The van der Waals surface area contributed by atoms with E-state index in [1.807, 2.05) is 13.8 Å². The monoisotopic (exact) mass is 319 g/mol. The number of benzene rings is 1. The SMILES string of the molecule is CC1(C)C2OCCCC2C1(N)C(=O)Nc1cccc([N+](=O)[O-])c1. The molecule has 3 atom stereocenters. The zero-order chi connectivity index (χ0) is 16.8. The minimum atomic E-state index is -1.04. The molecule has 23 heavy (non-hydrogen) atoms. The molecule has 1 aromatic carbocycles. The third-order valence-electron chi connectivity index (χ3n) is 5.38. The number of hydrogen-bond donors (Lipinski definition) is 2. The zero-order valence-corrected chi connectivity index (χ0v) is 13.2. The normalized spacial score (nSPS) is 31.6. The van der Waals surface area contributed by atoms with Gasteiger partial charge in [0.15, 0.2) is 0 Å². The lowest BCUT2D eigenvalue weighted by molar-refractivity contribution is -0.384. The van der Waals surface area contributed by atoms with Crippen LogP contribution in [0.15, 0.2) is 24.3 Å². The van der Waals surface area contributed by atoms with Gasteiger partial charge in [-0.25, -0.2) is 0 Å². The van der Waals surface area contributed by atoms with Crippen molar-refractivity contribution >= 4 is 17.3 Å². The van der Waals surface area contributed by atoms with Crippen molar-refractivity contribution in [3.05, 3.63) is 34.4 Å². The Balaban J connectivity index is 1.82. The molecule has 3 unspecified atom stereocenters. The molecular formula is C16H21N3O4. The summed E-state index contributed by atoms with van der Waals surface area (Å²) in [7, 11) is 0. The van der Waals surface area contributed by atoms with Gasteiger partial charge < -0.3 is 15.8 Å². The number of anilines is 1. The van der Waals surface area contributed by atoms with Crippen LogP contribution in [0.5, 0.6) is 0 Å². The summed E-state index contributed by atoms with van der Waals surface area (Å²) in [5, 5.41) is 13.6. The first-order valence-electron chi connectivity index (χ1n) is 7.75. The molecule has 1 heterocycles. The fraction of sp³-hybridized carbons (Fsp3) is 0.562. The molecule has 1 aliphatic heterocycles. The summed E-state index contributed by atoms with van der Waals surface area (Å²) in [5.74, 6) is -0.334. The van der Waals surface area contributed by atoms with Crippen molar-refractivity contribution in [2.45, 2.75) is 38.3 Å². The highest BCUT2D eigenvalue weighted by Crippen LogP contribution is 2.57. The van der Waals surface area contributed by atoms with Crippen molar-refractivity contribution in [1.82, 2.24) is 0 Å². The van der Waals surface area contributed by atoms with Crippen LogP contribution < -0.4 is 11.1 Å². The van der Waals surface area contributed by atoms with Gasteiger partial charge in [0, 0.05) is 35.8 Å². The van der Waals surface area contributed by atoms with Crippen molar-refractivity contribution in [1.29, 1.82) is 0 Å². The number of fused-ring (bicyclic) bond motifs is 1. The maximum absolute atomic E-state index is 12.8. The van der Waals surface area contributed by atoms with E-state index in [0.717, 1.165) is 12.8 Å². The number of ether oxygens (including phenoxy) is 1. The molecule has 124 valence electrons. The predicted octanol–water partition coefficient (Wildman–Crippen LogP) is 2.07. The first-order chi connectivity index (χ1) is 10.8. The first kappa shape index (κ1) is 15.9. The molecule has 1 aliphatic carbocycles. The van der Waals surface area contributed by atoms with Gasteiger partial charge in [0.05, 0.1) is 11.0 Å². The minimum absolute atomic E-state index is 0.0166. The summed E-state index contributed by atoms with van der Waals surface area (Å²) < 4.78 is 5.79. The summed E-state index contributed by atoms with van der Waals surface area (Å²) in [6, 6.07) is 5.87. The number of carbonyl (C=O) groups is 1. The third kappa shape index (κ3) is 2.22. The molecule has 1 aromatic rings. The number of nitrogens with two attached hydrogens (primary N) is 1. The highest BCUT2D eigenvalue weighted by atomic mass is 16.6. The van der Waals surface area contributed by atoms with E-state index in [-0.39, 0.29) is 23.6 Å². The molecule has 7 heteroatoms. The molecule has 3 N–H and O–H groups in total. The van der Waals surface area contributed by atoms with E-state index < -0.39 is 15.9 Å². The van der Waals surface area contributed by atoms with E-state index in [1.165, 1.54) is 18.2 Å². The Kier molecular flexibility index (Phi) is 3.65. The van der Waals surface area contributed by atoms with Crippen LogP contribution in [0.25, 0.3) is 0 Å². The number of nitrogens with zero attached hydrogens (tertiary/aromatic N) is 1. The first-order valence-corrected chi connectivity index (χ1v) is 7.75. The maximum atomic E-state index is 12.8. The fourth-order valence-corrected chi connectivity index (χ4v) is 3.97. The van der Waals surface area contributed by atoms with Gasteiger partial charge in [0.25, 0.3) is 5.69 Å². The topological polar surface area (TPSA) is 107 Å². The van der Waals surface area contributed by atoms with E-state index in [2.05, 4.69) is 5.32 Å². The molecular weight excluding hydrogens is 298 g/mol. The molecule has 1 saturated carbocycles. The van der Waals surface area contributed by atoms with Crippen LogP contribution in [-0.4, -0.2) is 29.1 Å². The van der Waals surface area contributed by atoms with E-state index in [4.69, 9.17) is 10.5 Å². The van der Waals surface area contributed by atoms with E-state index in [0.29, 0.717) is 12.3 Å². The Morgan fingerprint density at radius 3 is 2.91 bits per heavy atom. The average molecular weight is 319 g/mol. The number of nitrogens with one attached hydrogen (secondary N) is 1. The second-order valence-electron chi connectivity index (χ2n) is 6.89. The molecule has 2 fully saturated rings. The number of nitro benzene ring substituents is 1. The maximum Gasteiger partial charge on any atom is 0.271 e. The second kappa shape index (κ2) is 5.28. The van der Waals surface area contributed by atoms with Gasteiger partial charge in [0.1, 0.15) is 5.54 Å². The highest BCUT2D eigenvalue weighted by Gasteiger charge is 2.70. The van der Waals surface area contributed by atoms with Gasteiger partial charge in [-0.1, -0.05) is 19.9 Å². The predicted molar refractivity (Wildman–Crippen MR) is 84.9 cm³/mol. The van der Waals surface area contributed by atoms with E-state index >= 15 is 0 Å². The lowest BCUT2D eigenvalue weighted by atomic mass is 9.46. The van der Waals surface area contributed by atoms with Crippen molar-refractivity contribution in [2.24, 2.45) is 17.1 Å². The summed E-state index contributed by atoms with van der Waals surface area (Å²) in [6.07, 6.45) is 1.73. The Hall–Kier alpha value is -1.99. The fourth-order valence-electron chi connectivity index (χ4n) is 3.97. The Labute approximate surface area is 134 Å². The number of nitro groups is 1. The van der Waals surface area contributed by atoms with Crippen LogP contribution >= 0.6 is 0 Å². The Morgan fingerprint density at radius 2 is 2.22 bits per heavy atom. The average Bonchev–Trinajstić information content (AvgIpc) is 2.54. The second-order valence-corrected chi connectivity index (χ2v) is 6.89. The molecule has 0 spiro atoms. The van der Waals surface area contributed by atoms with Gasteiger partial charge in [0.2, 0.25) is 5.91 Å². The Bertz CT molecular complexity index is 660. The summed E-state index contributed by atoms with van der Waals surface area (Å²) >= 11 is 0. The van der Waals surface area contributed by atoms with Crippen molar-refractivity contribution in [3.63, 3.8) is 0 Å². The van der Waals surface area contributed by atoms with Gasteiger partial charge in [-0.05, 0) is 18.9 Å². The van der Waals surface area contributed by atoms with Crippen molar-refractivity contribution in [3.8, 4) is 0 Å². The molecule has 1 amide bonds. The van der Waals surface area contributed by atoms with E-state index in [9.17, 15) is 14.9 Å². The summed E-state index contributed by atoms with van der Waals surface area (Å²) in [6.45, 7) is 4.58. The molecule has 0 aromatic heterocycles. The van der Waals surface area contributed by atoms with E-state index in [1.54, 1.807) is 6.07 Å². The molecule has 1 saturated heterocycles. The number of non-ortho nitro benzene ring substituents is 1. The van der Waals surface area contributed by atoms with Gasteiger partial charge in [-0.15, -0.1) is 0 Å². The molecule has 2 aliphatic rings. The number of rotatable bonds is 3. The van der Waals surface area contributed by atoms with Crippen LogP contribution in [0, 0.1) is 21.4 Å². The van der Waals surface area contributed by atoms with Crippen LogP contribution in [0.3, 0.4) is 0 Å². The zero-order valence-electron chi connectivity index (χ0n) is 13.2. The molecule has 3 rings (SSSR count). The lowest BCUT2D eigenvalue weighted by Crippen LogP contribution is -2.81. The van der Waals surface area contributed by atoms with Crippen molar-refractivity contribution < 1.29 is 14.5 Å². The smallest absolute Gasteiger partial charge is 0.271 e. The number of hydrogen-bond acceptors (Lipinski definition) is 5. The minimum Gasteiger partial charge on any atom is -0.377 e. The third-order valence-corrected chi connectivity index (χ3v) is 5.38. The highest BCUT2D eigenvalue weighted by molar-refractivity contribution is 6.00. The van der Waals surface area contributed by atoms with Gasteiger partial charge in [-0.3, -0.25) is 14.9 Å². The molecule has 0 bridgehead atoms. The Morgan fingerprint density at radius 1 is 1.48 bits per heavy atom.